The highest BCUT2D eigenvalue weighted by Gasteiger charge is 2.23. The Balaban J connectivity index is 2.10. The molecule has 24 heavy (non-hydrogen) atoms. The van der Waals surface area contributed by atoms with Crippen molar-refractivity contribution in [3.05, 3.63) is 35.7 Å². The van der Waals surface area contributed by atoms with E-state index < -0.39 is 0 Å². The van der Waals surface area contributed by atoms with Gasteiger partial charge in [-0.25, -0.2) is 4.98 Å². The van der Waals surface area contributed by atoms with E-state index in [1.165, 1.54) is 0 Å². The Kier molecular flexibility index (Phi) is 4.64. The summed E-state index contributed by atoms with van der Waals surface area (Å²) >= 11 is 0. The van der Waals surface area contributed by atoms with Crippen LogP contribution in [0.3, 0.4) is 0 Å². The van der Waals surface area contributed by atoms with Crippen LogP contribution in [0.15, 0.2) is 33.4 Å². The van der Waals surface area contributed by atoms with Crippen molar-refractivity contribution in [1.29, 1.82) is 0 Å². The molecule has 0 N–H and O–H groups in total. The topological polar surface area (TPSA) is 72.4 Å². The Morgan fingerprint density at radius 1 is 1.33 bits per heavy atom. The summed E-state index contributed by atoms with van der Waals surface area (Å²) in [6.45, 7) is 7.31. The molecule has 0 aliphatic heterocycles. The number of hydrogen-bond donors (Lipinski definition) is 0. The van der Waals surface area contributed by atoms with Crippen LogP contribution >= 0.6 is 0 Å². The van der Waals surface area contributed by atoms with E-state index in [0.717, 1.165) is 19.4 Å². The van der Waals surface area contributed by atoms with E-state index in [1.54, 1.807) is 24.5 Å². The molecular formula is C18H21N3O3. The Hall–Kier alpha value is -2.63. The predicted octanol–water partition coefficient (Wildman–Crippen LogP) is 4.05. The van der Waals surface area contributed by atoms with Crippen molar-refractivity contribution in [2.24, 2.45) is 0 Å². The van der Waals surface area contributed by atoms with Gasteiger partial charge in [-0.2, -0.15) is 0 Å². The van der Waals surface area contributed by atoms with Crippen molar-refractivity contribution in [3.8, 4) is 11.5 Å². The van der Waals surface area contributed by atoms with Crippen LogP contribution in [0.1, 0.15) is 42.7 Å². The second-order valence-corrected chi connectivity index (χ2v) is 5.72. The molecule has 3 rings (SSSR count). The van der Waals surface area contributed by atoms with Gasteiger partial charge in [0.05, 0.1) is 22.9 Å². The molecule has 0 saturated heterocycles. The van der Waals surface area contributed by atoms with Crippen LogP contribution in [0.2, 0.25) is 0 Å². The number of pyridine rings is 1. The molecule has 6 nitrogen and oxygen atoms in total. The van der Waals surface area contributed by atoms with E-state index in [1.807, 2.05) is 18.7 Å². The van der Waals surface area contributed by atoms with Gasteiger partial charge in [-0.05, 0) is 38.5 Å². The standard InChI is InChI=1S/C18H21N3O3/c1-4-6-9-21(5-2)18(22)13-11-14(15-8-7-10-23-15)19-17-16(13)12(3)20-24-17/h7-8,10-11H,4-6,9H2,1-3H3. The minimum atomic E-state index is -0.0301. The molecule has 0 aliphatic carbocycles. The summed E-state index contributed by atoms with van der Waals surface area (Å²) in [6, 6.07) is 5.36. The van der Waals surface area contributed by atoms with E-state index in [-0.39, 0.29) is 5.91 Å². The van der Waals surface area contributed by atoms with Crippen LogP contribution in [0.5, 0.6) is 0 Å². The summed E-state index contributed by atoms with van der Waals surface area (Å²) < 4.78 is 10.7. The van der Waals surface area contributed by atoms with Crippen LogP contribution in [0.25, 0.3) is 22.6 Å². The first kappa shape index (κ1) is 16.2. The van der Waals surface area contributed by atoms with Crippen LogP contribution < -0.4 is 0 Å². The van der Waals surface area contributed by atoms with E-state index in [0.29, 0.717) is 40.4 Å². The van der Waals surface area contributed by atoms with Crippen molar-refractivity contribution in [1.82, 2.24) is 15.0 Å². The van der Waals surface area contributed by atoms with E-state index in [2.05, 4.69) is 17.1 Å². The summed E-state index contributed by atoms with van der Waals surface area (Å²) in [5.74, 6) is 0.564. The number of carbonyl (C=O) groups is 1. The number of carbonyl (C=O) groups excluding carboxylic acids is 1. The van der Waals surface area contributed by atoms with Gasteiger partial charge in [0.2, 0.25) is 0 Å². The van der Waals surface area contributed by atoms with Gasteiger partial charge < -0.3 is 13.8 Å². The summed E-state index contributed by atoms with van der Waals surface area (Å²) in [5.41, 5.74) is 2.15. The first-order valence-corrected chi connectivity index (χ1v) is 8.25. The number of furan rings is 1. The number of aromatic nitrogens is 2. The van der Waals surface area contributed by atoms with Gasteiger partial charge in [0.25, 0.3) is 11.6 Å². The van der Waals surface area contributed by atoms with Crippen LogP contribution in [0.4, 0.5) is 0 Å². The molecule has 0 unspecified atom stereocenters. The van der Waals surface area contributed by atoms with Crippen molar-refractivity contribution in [3.63, 3.8) is 0 Å². The number of aryl methyl sites for hydroxylation is 1. The molecule has 3 aromatic heterocycles. The lowest BCUT2D eigenvalue weighted by Gasteiger charge is -2.21. The maximum Gasteiger partial charge on any atom is 0.259 e. The van der Waals surface area contributed by atoms with E-state index in [9.17, 15) is 4.79 Å². The predicted molar refractivity (Wildman–Crippen MR) is 90.7 cm³/mol. The lowest BCUT2D eigenvalue weighted by molar-refractivity contribution is 0.0764. The summed E-state index contributed by atoms with van der Waals surface area (Å²) in [6.07, 6.45) is 3.59. The molecule has 0 saturated carbocycles. The zero-order chi connectivity index (χ0) is 17.1. The molecule has 0 spiro atoms. The van der Waals surface area contributed by atoms with Crippen LogP contribution in [0, 0.1) is 6.92 Å². The molecule has 0 aliphatic rings. The van der Waals surface area contributed by atoms with Crippen LogP contribution in [-0.4, -0.2) is 34.0 Å². The number of rotatable bonds is 6. The normalized spacial score (nSPS) is 11.1. The van der Waals surface area contributed by atoms with Gasteiger partial charge >= 0.3 is 0 Å². The van der Waals surface area contributed by atoms with Crippen LogP contribution in [-0.2, 0) is 0 Å². The van der Waals surface area contributed by atoms with Gasteiger partial charge in [-0.3, -0.25) is 4.79 Å². The van der Waals surface area contributed by atoms with E-state index in [4.69, 9.17) is 8.94 Å². The molecule has 3 heterocycles. The number of nitrogens with zero attached hydrogens (tertiary/aromatic N) is 3. The Bertz CT molecular complexity index is 837. The fourth-order valence-electron chi connectivity index (χ4n) is 2.74. The average molecular weight is 327 g/mol. The zero-order valence-corrected chi connectivity index (χ0v) is 14.2. The number of amides is 1. The zero-order valence-electron chi connectivity index (χ0n) is 14.2. The number of unbranched alkanes of at least 4 members (excludes halogenated alkanes) is 1. The summed E-state index contributed by atoms with van der Waals surface area (Å²) in [7, 11) is 0. The first-order valence-electron chi connectivity index (χ1n) is 8.25. The molecular weight excluding hydrogens is 306 g/mol. The lowest BCUT2D eigenvalue weighted by atomic mass is 10.1. The van der Waals surface area contributed by atoms with Crippen molar-refractivity contribution in [2.45, 2.75) is 33.6 Å². The van der Waals surface area contributed by atoms with Gasteiger partial charge in [0, 0.05) is 13.1 Å². The van der Waals surface area contributed by atoms with Gasteiger partial charge in [0.15, 0.2) is 5.76 Å². The molecule has 3 aromatic rings. The van der Waals surface area contributed by atoms with E-state index >= 15 is 0 Å². The van der Waals surface area contributed by atoms with Gasteiger partial charge in [0.1, 0.15) is 5.69 Å². The molecule has 0 fully saturated rings. The highest BCUT2D eigenvalue weighted by molar-refractivity contribution is 6.06. The molecule has 0 radical (unpaired) electrons. The average Bonchev–Trinajstić information content (AvgIpc) is 3.25. The summed E-state index contributed by atoms with van der Waals surface area (Å²) in [5, 5.41) is 4.64. The Morgan fingerprint density at radius 2 is 2.17 bits per heavy atom. The van der Waals surface area contributed by atoms with Crippen molar-refractivity contribution >= 4 is 17.0 Å². The minimum absolute atomic E-state index is 0.0301. The highest BCUT2D eigenvalue weighted by Crippen LogP contribution is 2.28. The van der Waals surface area contributed by atoms with Crippen molar-refractivity contribution < 1.29 is 13.7 Å². The Labute approximate surface area is 140 Å². The third kappa shape index (κ3) is 2.91. The third-order valence-electron chi connectivity index (χ3n) is 4.07. The second kappa shape index (κ2) is 6.86. The smallest absolute Gasteiger partial charge is 0.259 e. The molecule has 0 aromatic carbocycles. The monoisotopic (exact) mass is 327 g/mol. The second-order valence-electron chi connectivity index (χ2n) is 5.72. The third-order valence-corrected chi connectivity index (χ3v) is 4.07. The maximum absolute atomic E-state index is 13.1. The fraction of sp³-hybridized carbons (Fsp3) is 0.389. The minimum Gasteiger partial charge on any atom is -0.463 e. The molecule has 6 heteroatoms. The maximum atomic E-state index is 13.1. The largest absolute Gasteiger partial charge is 0.463 e. The van der Waals surface area contributed by atoms with Gasteiger partial charge in [-0.15, -0.1) is 0 Å². The van der Waals surface area contributed by atoms with Crippen molar-refractivity contribution in [2.75, 3.05) is 13.1 Å². The quantitative estimate of drug-likeness (QED) is 0.683. The Morgan fingerprint density at radius 3 is 2.83 bits per heavy atom. The summed E-state index contributed by atoms with van der Waals surface area (Å²) in [4.78, 5) is 19.3. The lowest BCUT2D eigenvalue weighted by Crippen LogP contribution is -2.32. The number of fused-ring (bicyclic) bond motifs is 1. The van der Waals surface area contributed by atoms with Gasteiger partial charge in [-0.1, -0.05) is 18.5 Å². The highest BCUT2D eigenvalue weighted by atomic mass is 16.5. The number of hydrogen-bond acceptors (Lipinski definition) is 5. The molecule has 126 valence electrons. The first-order chi connectivity index (χ1) is 11.7. The molecule has 0 bridgehead atoms. The molecule has 0 atom stereocenters. The SMILES string of the molecule is CCCCN(CC)C(=O)c1cc(-c2ccco2)nc2onc(C)c12. The fourth-order valence-corrected chi connectivity index (χ4v) is 2.74. The molecule has 1 amide bonds.